The van der Waals surface area contributed by atoms with Crippen LogP contribution in [0.5, 0.6) is 11.5 Å². The average Bonchev–Trinajstić information content (AvgIpc) is 2.77. The van der Waals surface area contributed by atoms with Crippen LogP contribution < -0.4 is 9.47 Å². The van der Waals surface area contributed by atoms with Gasteiger partial charge >= 0.3 is 0 Å². The minimum atomic E-state index is -1.05. The summed E-state index contributed by atoms with van der Waals surface area (Å²) in [6, 6.07) is 13.4. The van der Waals surface area contributed by atoms with E-state index in [-0.39, 0.29) is 23.7 Å². The maximum Gasteiger partial charge on any atom is 0.253 e. The zero-order valence-electron chi connectivity index (χ0n) is 20.3. The Balaban J connectivity index is 1.49. The highest BCUT2D eigenvalue weighted by molar-refractivity contribution is 5.95. The second kappa shape index (κ2) is 8.99. The molecule has 178 valence electrons. The van der Waals surface area contributed by atoms with Crippen LogP contribution in [0.4, 0.5) is 0 Å². The molecule has 0 aliphatic carbocycles. The predicted octanol–water partition coefficient (Wildman–Crippen LogP) is 4.85. The smallest absolute Gasteiger partial charge is 0.253 e. The molecule has 1 spiro atoms. The van der Waals surface area contributed by atoms with Crippen LogP contribution in [0.2, 0.25) is 0 Å². The molecule has 2 aromatic carbocycles. The van der Waals surface area contributed by atoms with Gasteiger partial charge in [-0.25, -0.2) is 0 Å². The van der Waals surface area contributed by atoms with Gasteiger partial charge in [-0.3, -0.25) is 4.79 Å². The summed E-state index contributed by atoms with van der Waals surface area (Å²) in [5, 5.41) is 10.4. The number of amides is 1. The second-order valence-corrected chi connectivity index (χ2v) is 9.97. The number of hydrogen-bond donors (Lipinski definition) is 1. The fraction of sp³-hybridized carbons (Fsp3) is 0.519. The number of fused-ring (bicyclic) bond motifs is 1. The first kappa shape index (κ1) is 23.6. The number of methoxy groups -OCH3 is 1. The van der Waals surface area contributed by atoms with E-state index < -0.39 is 5.60 Å². The SMILES string of the molecule is COc1cc(C(=O)N2CCC3(CC2)CC(OC(C)C)c2ccccc2O3)ccc1C(C)(C)O. The molecule has 0 radical (unpaired) electrons. The fourth-order valence-corrected chi connectivity index (χ4v) is 4.95. The van der Waals surface area contributed by atoms with Crippen molar-refractivity contribution in [3.05, 3.63) is 59.2 Å². The summed E-state index contributed by atoms with van der Waals surface area (Å²) in [4.78, 5) is 15.1. The molecule has 1 N–H and O–H groups in total. The van der Waals surface area contributed by atoms with Crippen LogP contribution >= 0.6 is 0 Å². The van der Waals surface area contributed by atoms with Gasteiger partial charge in [0.1, 0.15) is 17.1 Å². The number of carbonyl (C=O) groups excluding carboxylic acids is 1. The van der Waals surface area contributed by atoms with Gasteiger partial charge in [0.2, 0.25) is 0 Å². The molecule has 6 heteroatoms. The van der Waals surface area contributed by atoms with Crippen molar-refractivity contribution in [2.75, 3.05) is 20.2 Å². The van der Waals surface area contributed by atoms with Crippen LogP contribution in [0.15, 0.2) is 42.5 Å². The Hall–Kier alpha value is -2.57. The second-order valence-electron chi connectivity index (χ2n) is 9.97. The first-order valence-corrected chi connectivity index (χ1v) is 11.8. The minimum Gasteiger partial charge on any atom is -0.496 e. The van der Waals surface area contributed by atoms with Gasteiger partial charge in [-0.1, -0.05) is 24.3 Å². The molecule has 2 aromatic rings. The largest absolute Gasteiger partial charge is 0.496 e. The van der Waals surface area contributed by atoms with Crippen molar-refractivity contribution in [1.29, 1.82) is 0 Å². The number of para-hydroxylation sites is 1. The maximum absolute atomic E-state index is 13.3. The Morgan fingerprint density at radius 3 is 2.52 bits per heavy atom. The number of benzene rings is 2. The van der Waals surface area contributed by atoms with Crippen LogP contribution in [0.25, 0.3) is 0 Å². The molecule has 2 aliphatic heterocycles. The van der Waals surface area contributed by atoms with Crippen LogP contribution in [-0.4, -0.2) is 47.8 Å². The topological polar surface area (TPSA) is 68.2 Å². The van der Waals surface area contributed by atoms with E-state index in [4.69, 9.17) is 14.2 Å². The minimum absolute atomic E-state index is 0.00385. The summed E-state index contributed by atoms with van der Waals surface area (Å²) >= 11 is 0. The molecule has 6 nitrogen and oxygen atoms in total. The van der Waals surface area contributed by atoms with Gasteiger partial charge in [0, 0.05) is 49.0 Å². The summed E-state index contributed by atoms with van der Waals surface area (Å²) < 4.78 is 18.2. The Bertz CT molecular complexity index is 1000. The van der Waals surface area contributed by atoms with E-state index in [0.717, 1.165) is 30.6 Å². The molecule has 1 amide bonds. The summed E-state index contributed by atoms with van der Waals surface area (Å²) in [5.41, 5.74) is 0.950. The van der Waals surface area contributed by atoms with Gasteiger partial charge < -0.3 is 24.2 Å². The number of likely N-dealkylation sites (tertiary alicyclic amines) is 1. The number of ether oxygens (including phenoxy) is 3. The molecule has 2 heterocycles. The van der Waals surface area contributed by atoms with E-state index in [1.807, 2.05) is 23.1 Å². The van der Waals surface area contributed by atoms with Crippen LogP contribution in [0.1, 0.15) is 74.5 Å². The molecular formula is C27H35NO5. The number of rotatable bonds is 5. The highest BCUT2D eigenvalue weighted by atomic mass is 16.5. The molecule has 0 bridgehead atoms. The number of hydrogen-bond acceptors (Lipinski definition) is 5. The Kier molecular flexibility index (Phi) is 6.43. The summed E-state index contributed by atoms with van der Waals surface area (Å²) in [5.74, 6) is 1.38. The average molecular weight is 454 g/mol. The van der Waals surface area contributed by atoms with Crippen LogP contribution in [-0.2, 0) is 10.3 Å². The van der Waals surface area contributed by atoms with E-state index in [1.54, 1.807) is 39.2 Å². The third kappa shape index (κ3) is 4.87. The monoisotopic (exact) mass is 453 g/mol. The summed E-state index contributed by atoms with van der Waals surface area (Å²) in [6.45, 7) is 8.76. The molecule has 2 aliphatic rings. The van der Waals surface area contributed by atoms with E-state index in [9.17, 15) is 9.90 Å². The molecule has 1 fully saturated rings. The zero-order chi connectivity index (χ0) is 23.8. The summed E-state index contributed by atoms with van der Waals surface area (Å²) in [7, 11) is 1.55. The third-order valence-corrected chi connectivity index (χ3v) is 6.66. The normalized spacial score (nSPS) is 19.8. The molecule has 1 saturated heterocycles. The first-order valence-electron chi connectivity index (χ1n) is 11.8. The lowest BCUT2D eigenvalue weighted by atomic mass is 9.81. The molecule has 1 atom stereocenters. The fourth-order valence-electron chi connectivity index (χ4n) is 4.95. The van der Waals surface area contributed by atoms with Gasteiger partial charge in [-0.15, -0.1) is 0 Å². The number of nitrogens with zero attached hydrogens (tertiary/aromatic N) is 1. The summed E-state index contributed by atoms with van der Waals surface area (Å²) in [6.07, 6.45) is 2.42. The van der Waals surface area contributed by atoms with Crippen LogP contribution in [0, 0.1) is 0 Å². The van der Waals surface area contributed by atoms with Crippen molar-refractivity contribution in [2.24, 2.45) is 0 Å². The lowest BCUT2D eigenvalue weighted by Gasteiger charge is -2.47. The van der Waals surface area contributed by atoms with E-state index in [1.165, 1.54) is 0 Å². The maximum atomic E-state index is 13.3. The highest BCUT2D eigenvalue weighted by Crippen LogP contribution is 2.46. The van der Waals surface area contributed by atoms with E-state index >= 15 is 0 Å². The molecule has 0 saturated carbocycles. The molecule has 1 unspecified atom stereocenters. The lowest BCUT2D eigenvalue weighted by Crippen LogP contribution is -2.52. The van der Waals surface area contributed by atoms with E-state index in [2.05, 4.69) is 19.9 Å². The van der Waals surface area contributed by atoms with Gasteiger partial charge in [-0.05, 0) is 45.9 Å². The van der Waals surface area contributed by atoms with Crippen molar-refractivity contribution < 1.29 is 24.1 Å². The highest BCUT2D eigenvalue weighted by Gasteiger charge is 2.44. The van der Waals surface area contributed by atoms with Crippen molar-refractivity contribution in [2.45, 2.75) is 70.4 Å². The molecule has 0 aromatic heterocycles. The first-order chi connectivity index (χ1) is 15.6. The molecule has 33 heavy (non-hydrogen) atoms. The van der Waals surface area contributed by atoms with Gasteiger partial charge in [0.25, 0.3) is 5.91 Å². The van der Waals surface area contributed by atoms with E-state index in [0.29, 0.717) is 30.0 Å². The zero-order valence-corrected chi connectivity index (χ0v) is 20.3. The van der Waals surface area contributed by atoms with Gasteiger partial charge in [0.15, 0.2) is 0 Å². The quantitative estimate of drug-likeness (QED) is 0.701. The predicted molar refractivity (Wildman–Crippen MR) is 127 cm³/mol. The van der Waals surface area contributed by atoms with Crippen molar-refractivity contribution in [1.82, 2.24) is 4.90 Å². The number of carbonyl (C=O) groups is 1. The Morgan fingerprint density at radius 1 is 1.18 bits per heavy atom. The lowest BCUT2D eigenvalue weighted by molar-refractivity contribution is -0.0872. The number of piperidine rings is 1. The van der Waals surface area contributed by atoms with Crippen LogP contribution in [0.3, 0.4) is 0 Å². The number of aliphatic hydroxyl groups is 1. The van der Waals surface area contributed by atoms with Crippen molar-refractivity contribution in [3.63, 3.8) is 0 Å². The van der Waals surface area contributed by atoms with Gasteiger partial charge in [-0.2, -0.15) is 0 Å². The standard InChI is InChI=1S/C27H35NO5/c1-18(2)32-24-17-27(33-22-9-7-6-8-20(22)24)12-14-28(15-13-27)25(29)19-10-11-21(26(3,4)30)23(16-19)31-5/h6-11,16,18,24,30H,12-15,17H2,1-5H3. The Labute approximate surface area is 196 Å². The third-order valence-electron chi connectivity index (χ3n) is 6.66. The van der Waals surface area contributed by atoms with Gasteiger partial charge in [0.05, 0.1) is 24.9 Å². The molecular weight excluding hydrogens is 418 g/mol. The Morgan fingerprint density at radius 2 is 1.88 bits per heavy atom. The van der Waals surface area contributed by atoms with Crippen molar-refractivity contribution in [3.8, 4) is 11.5 Å². The van der Waals surface area contributed by atoms with Crippen molar-refractivity contribution >= 4 is 5.91 Å². The molecule has 4 rings (SSSR count).